The van der Waals surface area contributed by atoms with Crippen LogP contribution in [0.5, 0.6) is 0 Å². The second kappa shape index (κ2) is 4.90. The van der Waals surface area contributed by atoms with Crippen molar-refractivity contribution in [1.29, 1.82) is 0 Å². The number of hydrogen-bond acceptors (Lipinski definition) is 4. The van der Waals surface area contributed by atoms with Crippen LogP contribution in [0.1, 0.15) is 13.3 Å². The summed E-state index contributed by atoms with van der Waals surface area (Å²) in [6.45, 7) is 2.77. The number of hydrogen-bond donors (Lipinski definition) is 2. The van der Waals surface area contributed by atoms with Gasteiger partial charge in [0.05, 0.1) is 5.41 Å². The number of nitrogens with zero attached hydrogens (tertiary/aromatic N) is 2. The van der Waals surface area contributed by atoms with Gasteiger partial charge in [-0.1, -0.05) is 0 Å². The van der Waals surface area contributed by atoms with E-state index < -0.39 is 9.75 Å². The molecule has 1 amide bonds. The van der Waals surface area contributed by atoms with Crippen molar-refractivity contribution in [3.63, 3.8) is 0 Å². The normalized spacial score (nSPS) is 24.4. The molecule has 1 fully saturated rings. The molecule has 1 aromatic rings. The number of nitrogens with one attached hydrogen (secondary N) is 2. The molecule has 1 aliphatic rings. The first kappa shape index (κ1) is 13.4. The molecule has 7 heteroatoms. The summed E-state index contributed by atoms with van der Waals surface area (Å²) in [7, 11) is 0. The standard InChI is InChI=1S/C11H14Cl2N4O/c1-10(7-11(10,12)13)8(18)14-5-6-17-9-15-3-2-4-16-9/h2-4H,5-7H2,1H3,(H,14,18)(H,15,16,17). The fourth-order valence-electron chi connectivity index (χ4n) is 1.58. The van der Waals surface area contributed by atoms with Crippen molar-refractivity contribution < 1.29 is 4.79 Å². The van der Waals surface area contributed by atoms with Crippen LogP contribution in [0.25, 0.3) is 0 Å². The summed E-state index contributed by atoms with van der Waals surface area (Å²) in [6, 6.07) is 1.74. The van der Waals surface area contributed by atoms with Gasteiger partial charge in [0.15, 0.2) is 0 Å². The Morgan fingerprint density at radius 1 is 1.39 bits per heavy atom. The van der Waals surface area contributed by atoms with Gasteiger partial charge in [-0.15, -0.1) is 23.2 Å². The van der Waals surface area contributed by atoms with Gasteiger partial charge in [0.1, 0.15) is 4.33 Å². The van der Waals surface area contributed by atoms with Crippen LogP contribution in [-0.2, 0) is 4.79 Å². The molecule has 1 unspecified atom stereocenters. The minimum atomic E-state index is -0.924. The lowest BCUT2D eigenvalue weighted by Gasteiger charge is -2.12. The van der Waals surface area contributed by atoms with E-state index in [-0.39, 0.29) is 5.91 Å². The van der Waals surface area contributed by atoms with Crippen LogP contribution >= 0.6 is 23.2 Å². The average Bonchev–Trinajstić information content (AvgIpc) is 2.87. The van der Waals surface area contributed by atoms with Gasteiger partial charge in [0.2, 0.25) is 11.9 Å². The third kappa shape index (κ3) is 2.67. The quantitative estimate of drug-likeness (QED) is 0.638. The Bertz CT molecular complexity index is 440. The Morgan fingerprint density at radius 3 is 2.56 bits per heavy atom. The zero-order valence-corrected chi connectivity index (χ0v) is 11.4. The number of amides is 1. The van der Waals surface area contributed by atoms with Crippen molar-refractivity contribution in [3.8, 4) is 0 Å². The van der Waals surface area contributed by atoms with Crippen molar-refractivity contribution in [3.05, 3.63) is 18.5 Å². The van der Waals surface area contributed by atoms with Crippen LogP contribution < -0.4 is 10.6 Å². The molecule has 0 saturated heterocycles. The minimum absolute atomic E-state index is 0.122. The summed E-state index contributed by atoms with van der Waals surface area (Å²) in [5.74, 6) is 0.414. The number of halogens is 2. The van der Waals surface area contributed by atoms with E-state index in [2.05, 4.69) is 20.6 Å². The number of carbonyl (C=O) groups is 1. The molecule has 0 aliphatic heterocycles. The maximum absolute atomic E-state index is 11.8. The largest absolute Gasteiger partial charge is 0.354 e. The zero-order valence-electron chi connectivity index (χ0n) is 9.91. The summed E-state index contributed by atoms with van der Waals surface area (Å²) < 4.78 is -0.924. The highest BCUT2D eigenvalue weighted by Crippen LogP contribution is 2.63. The lowest BCUT2D eigenvalue weighted by atomic mass is 10.1. The van der Waals surface area contributed by atoms with Gasteiger partial charge in [-0.2, -0.15) is 0 Å². The van der Waals surface area contributed by atoms with Crippen molar-refractivity contribution in [2.45, 2.75) is 17.7 Å². The van der Waals surface area contributed by atoms with Gasteiger partial charge in [0.25, 0.3) is 0 Å². The summed E-state index contributed by atoms with van der Waals surface area (Å²) in [4.78, 5) is 19.8. The molecule has 1 aliphatic carbocycles. The Morgan fingerprint density at radius 2 is 2.00 bits per heavy atom. The molecular formula is C11H14Cl2N4O. The van der Waals surface area contributed by atoms with Gasteiger partial charge in [0, 0.05) is 25.5 Å². The van der Waals surface area contributed by atoms with E-state index in [1.54, 1.807) is 25.4 Å². The van der Waals surface area contributed by atoms with Crippen molar-refractivity contribution in [2.24, 2.45) is 5.41 Å². The first-order valence-electron chi connectivity index (χ1n) is 5.63. The third-order valence-electron chi connectivity index (χ3n) is 3.02. The lowest BCUT2D eigenvalue weighted by molar-refractivity contribution is -0.125. The van der Waals surface area contributed by atoms with Gasteiger partial charge in [-0.05, 0) is 19.4 Å². The van der Waals surface area contributed by atoms with Crippen molar-refractivity contribution >= 4 is 35.1 Å². The summed E-state index contributed by atoms with van der Waals surface area (Å²) in [6.07, 6.45) is 3.78. The Labute approximate surface area is 115 Å². The summed E-state index contributed by atoms with van der Waals surface area (Å²) in [5, 5.41) is 5.77. The smallest absolute Gasteiger partial charge is 0.229 e. The maximum atomic E-state index is 11.8. The first-order valence-corrected chi connectivity index (χ1v) is 6.38. The Hall–Kier alpha value is -1.07. The van der Waals surface area contributed by atoms with Gasteiger partial charge in [-0.3, -0.25) is 4.79 Å². The molecule has 1 heterocycles. The van der Waals surface area contributed by atoms with E-state index in [0.29, 0.717) is 25.5 Å². The van der Waals surface area contributed by atoms with E-state index in [9.17, 15) is 4.79 Å². The average molecular weight is 289 g/mol. The molecule has 2 rings (SSSR count). The van der Waals surface area contributed by atoms with Gasteiger partial charge in [-0.25, -0.2) is 9.97 Å². The molecule has 1 aromatic heterocycles. The molecular weight excluding hydrogens is 275 g/mol. The molecule has 0 radical (unpaired) electrons. The number of rotatable bonds is 5. The van der Waals surface area contributed by atoms with Crippen molar-refractivity contribution in [1.82, 2.24) is 15.3 Å². The molecule has 5 nitrogen and oxygen atoms in total. The summed E-state index contributed by atoms with van der Waals surface area (Å²) >= 11 is 11.8. The molecule has 98 valence electrons. The van der Waals surface area contributed by atoms with E-state index in [1.807, 2.05) is 0 Å². The van der Waals surface area contributed by atoms with Crippen LogP contribution in [0.2, 0.25) is 0 Å². The highest BCUT2D eigenvalue weighted by Gasteiger charge is 2.67. The highest BCUT2D eigenvalue weighted by molar-refractivity contribution is 6.53. The number of carbonyl (C=O) groups excluding carboxylic acids is 1. The number of alkyl halides is 2. The van der Waals surface area contributed by atoms with Crippen LogP contribution in [-0.4, -0.2) is 33.3 Å². The molecule has 0 aromatic carbocycles. The maximum Gasteiger partial charge on any atom is 0.229 e. The number of anilines is 1. The number of aromatic nitrogens is 2. The van der Waals surface area contributed by atoms with Crippen LogP contribution in [0.3, 0.4) is 0 Å². The van der Waals surface area contributed by atoms with E-state index in [4.69, 9.17) is 23.2 Å². The van der Waals surface area contributed by atoms with E-state index in [1.165, 1.54) is 0 Å². The Kier molecular flexibility index (Phi) is 3.64. The predicted molar refractivity (Wildman–Crippen MR) is 70.7 cm³/mol. The minimum Gasteiger partial charge on any atom is -0.354 e. The topological polar surface area (TPSA) is 66.9 Å². The first-order chi connectivity index (χ1) is 8.46. The molecule has 0 spiro atoms. The fourth-order valence-corrected chi connectivity index (χ4v) is 2.29. The van der Waals surface area contributed by atoms with Crippen molar-refractivity contribution in [2.75, 3.05) is 18.4 Å². The summed E-state index contributed by atoms with van der Waals surface area (Å²) in [5.41, 5.74) is -0.667. The van der Waals surface area contributed by atoms with Crippen LogP contribution in [0.4, 0.5) is 5.95 Å². The predicted octanol–water partition coefficient (Wildman–Crippen LogP) is 1.59. The molecule has 1 saturated carbocycles. The highest BCUT2D eigenvalue weighted by atomic mass is 35.5. The monoisotopic (exact) mass is 288 g/mol. The fraction of sp³-hybridized carbons (Fsp3) is 0.545. The van der Waals surface area contributed by atoms with Crippen LogP contribution in [0.15, 0.2) is 18.5 Å². The SMILES string of the molecule is CC1(C(=O)NCCNc2ncccn2)CC1(Cl)Cl. The molecule has 1 atom stereocenters. The third-order valence-corrected chi connectivity index (χ3v) is 4.12. The van der Waals surface area contributed by atoms with E-state index in [0.717, 1.165) is 0 Å². The Balaban J connectivity index is 1.69. The lowest BCUT2D eigenvalue weighted by Crippen LogP contribution is -2.36. The second-order valence-electron chi connectivity index (χ2n) is 4.47. The second-order valence-corrected chi connectivity index (χ2v) is 5.95. The molecule has 18 heavy (non-hydrogen) atoms. The zero-order chi connectivity index (χ0) is 13.2. The van der Waals surface area contributed by atoms with Crippen LogP contribution in [0, 0.1) is 5.41 Å². The molecule has 0 bridgehead atoms. The van der Waals surface area contributed by atoms with Gasteiger partial charge < -0.3 is 10.6 Å². The van der Waals surface area contributed by atoms with E-state index >= 15 is 0 Å². The molecule has 2 N–H and O–H groups in total. The van der Waals surface area contributed by atoms with Gasteiger partial charge >= 0.3 is 0 Å².